The van der Waals surface area contributed by atoms with Crippen molar-refractivity contribution in [3.05, 3.63) is 11.4 Å². The molecule has 0 aromatic carbocycles. The van der Waals surface area contributed by atoms with Gasteiger partial charge < -0.3 is 11.1 Å². The zero-order chi connectivity index (χ0) is 10.8. The molecule has 0 heterocycles. The van der Waals surface area contributed by atoms with Crippen molar-refractivity contribution in [1.82, 2.24) is 5.32 Å². The SMILES string of the molecule is CC(C)=C(F)C(=O)NCC1(N)CCC1.Cl. The molecule has 0 unspecified atom stereocenters. The van der Waals surface area contributed by atoms with Crippen LogP contribution in [-0.4, -0.2) is 18.0 Å². The molecule has 0 atom stereocenters. The summed E-state index contributed by atoms with van der Waals surface area (Å²) in [6, 6.07) is 0. The third kappa shape index (κ3) is 3.80. The summed E-state index contributed by atoms with van der Waals surface area (Å²) in [4.78, 5) is 11.2. The average molecular weight is 237 g/mol. The largest absolute Gasteiger partial charge is 0.348 e. The Morgan fingerprint density at radius 1 is 1.47 bits per heavy atom. The van der Waals surface area contributed by atoms with E-state index in [0.717, 1.165) is 19.3 Å². The fourth-order valence-electron chi connectivity index (χ4n) is 1.37. The predicted octanol–water partition coefficient (Wildman–Crippen LogP) is 1.67. The number of amides is 1. The second-order valence-electron chi connectivity index (χ2n) is 4.21. The maximum absolute atomic E-state index is 13.0. The summed E-state index contributed by atoms with van der Waals surface area (Å²) in [6.07, 6.45) is 2.91. The number of nitrogens with two attached hydrogens (primary N) is 1. The van der Waals surface area contributed by atoms with Gasteiger partial charge >= 0.3 is 0 Å². The lowest BCUT2D eigenvalue weighted by molar-refractivity contribution is -0.119. The molecule has 0 aromatic rings. The molecule has 1 aliphatic carbocycles. The van der Waals surface area contributed by atoms with E-state index in [0.29, 0.717) is 12.1 Å². The van der Waals surface area contributed by atoms with E-state index in [-0.39, 0.29) is 17.9 Å². The van der Waals surface area contributed by atoms with Gasteiger partial charge in [-0.15, -0.1) is 12.4 Å². The number of carbonyl (C=O) groups excluding carboxylic acids is 1. The Kier molecular flexibility index (Phi) is 5.24. The first-order valence-electron chi connectivity index (χ1n) is 4.85. The van der Waals surface area contributed by atoms with Crippen LogP contribution in [0.4, 0.5) is 4.39 Å². The summed E-state index contributed by atoms with van der Waals surface area (Å²) in [5, 5.41) is 2.51. The summed E-state index contributed by atoms with van der Waals surface area (Å²) < 4.78 is 13.0. The maximum Gasteiger partial charge on any atom is 0.280 e. The Morgan fingerprint density at radius 3 is 2.33 bits per heavy atom. The Morgan fingerprint density at radius 2 is 2.00 bits per heavy atom. The number of nitrogens with one attached hydrogen (secondary N) is 1. The Balaban J connectivity index is 0.00000196. The summed E-state index contributed by atoms with van der Waals surface area (Å²) >= 11 is 0. The molecule has 0 saturated heterocycles. The molecule has 0 aromatic heterocycles. The van der Waals surface area contributed by atoms with Crippen molar-refractivity contribution in [2.24, 2.45) is 5.73 Å². The fourth-order valence-corrected chi connectivity index (χ4v) is 1.37. The molecule has 1 aliphatic rings. The van der Waals surface area contributed by atoms with Crippen LogP contribution in [0.25, 0.3) is 0 Å². The first kappa shape index (κ1) is 14.4. The Bertz CT molecular complexity index is 271. The van der Waals surface area contributed by atoms with Crippen LogP contribution in [-0.2, 0) is 4.79 Å². The van der Waals surface area contributed by atoms with E-state index in [4.69, 9.17) is 5.73 Å². The Hall–Kier alpha value is -0.610. The summed E-state index contributed by atoms with van der Waals surface area (Å²) in [5.74, 6) is -1.35. The molecule has 5 heteroatoms. The summed E-state index contributed by atoms with van der Waals surface area (Å²) in [6.45, 7) is 3.50. The molecule has 1 amide bonds. The lowest BCUT2D eigenvalue weighted by Gasteiger charge is -2.38. The minimum atomic E-state index is -0.701. The van der Waals surface area contributed by atoms with Crippen molar-refractivity contribution in [3.63, 3.8) is 0 Å². The van der Waals surface area contributed by atoms with Crippen LogP contribution in [0.3, 0.4) is 0 Å². The van der Waals surface area contributed by atoms with Crippen molar-refractivity contribution in [2.75, 3.05) is 6.54 Å². The first-order valence-corrected chi connectivity index (χ1v) is 4.85. The van der Waals surface area contributed by atoms with Crippen LogP contribution in [0.1, 0.15) is 33.1 Å². The standard InChI is InChI=1S/C10H17FN2O.ClH/c1-7(2)8(11)9(14)13-6-10(12)4-3-5-10;/h3-6,12H2,1-2H3,(H,13,14);1H. The highest BCUT2D eigenvalue weighted by atomic mass is 35.5. The summed E-state index contributed by atoms with van der Waals surface area (Å²) in [5.41, 5.74) is 5.97. The van der Waals surface area contributed by atoms with Gasteiger partial charge in [0.05, 0.1) is 0 Å². The summed E-state index contributed by atoms with van der Waals surface area (Å²) in [7, 11) is 0. The first-order chi connectivity index (χ1) is 6.44. The van der Waals surface area contributed by atoms with Gasteiger partial charge in [0.25, 0.3) is 5.91 Å². The lowest BCUT2D eigenvalue weighted by atomic mass is 9.78. The second kappa shape index (κ2) is 5.47. The van der Waals surface area contributed by atoms with Gasteiger partial charge in [0.1, 0.15) is 0 Å². The molecular formula is C10H18ClFN2O. The number of hydrogen-bond acceptors (Lipinski definition) is 2. The van der Waals surface area contributed by atoms with Crippen LogP contribution in [0.2, 0.25) is 0 Å². The highest BCUT2D eigenvalue weighted by molar-refractivity contribution is 5.91. The van der Waals surface area contributed by atoms with Crippen LogP contribution in [0.5, 0.6) is 0 Å². The topological polar surface area (TPSA) is 55.1 Å². The van der Waals surface area contributed by atoms with Gasteiger partial charge in [-0.3, -0.25) is 4.79 Å². The molecule has 15 heavy (non-hydrogen) atoms. The van der Waals surface area contributed by atoms with Crippen molar-refractivity contribution < 1.29 is 9.18 Å². The Labute approximate surface area is 95.7 Å². The van der Waals surface area contributed by atoms with Crippen molar-refractivity contribution in [1.29, 1.82) is 0 Å². The minimum absolute atomic E-state index is 0. The third-order valence-corrected chi connectivity index (χ3v) is 2.59. The fraction of sp³-hybridized carbons (Fsp3) is 0.700. The van der Waals surface area contributed by atoms with Gasteiger partial charge in [-0.05, 0) is 38.7 Å². The molecule has 3 N–H and O–H groups in total. The molecule has 1 rings (SSSR count). The zero-order valence-corrected chi connectivity index (χ0v) is 9.92. The molecule has 88 valence electrons. The molecule has 1 saturated carbocycles. The molecule has 0 bridgehead atoms. The van der Waals surface area contributed by atoms with E-state index in [2.05, 4.69) is 5.32 Å². The van der Waals surface area contributed by atoms with E-state index < -0.39 is 11.7 Å². The van der Waals surface area contributed by atoms with E-state index in [1.165, 1.54) is 0 Å². The van der Waals surface area contributed by atoms with Gasteiger partial charge in [0.15, 0.2) is 5.83 Å². The maximum atomic E-state index is 13.0. The highest BCUT2D eigenvalue weighted by Gasteiger charge is 2.32. The van der Waals surface area contributed by atoms with Crippen LogP contribution >= 0.6 is 12.4 Å². The lowest BCUT2D eigenvalue weighted by Crippen LogP contribution is -2.55. The van der Waals surface area contributed by atoms with Crippen molar-refractivity contribution >= 4 is 18.3 Å². The van der Waals surface area contributed by atoms with Crippen LogP contribution in [0, 0.1) is 0 Å². The normalized spacial score (nSPS) is 17.1. The molecule has 3 nitrogen and oxygen atoms in total. The monoisotopic (exact) mass is 236 g/mol. The number of carbonyl (C=O) groups is 1. The molecule has 1 fully saturated rings. The highest BCUT2D eigenvalue weighted by Crippen LogP contribution is 2.28. The van der Waals surface area contributed by atoms with E-state index in [1.807, 2.05) is 0 Å². The van der Waals surface area contributed by atoms with Crippen LogP contribution in [0.15, 0.2) is 11.4 Å². The van der Waals surface area contributed by atoms with Crippen LogP contribution < -0.4 is 11.1 Å². The number of hydrogen-bond donors (Lipinski definition) is 2. The number of allylic oxidation sites excluding steroid dienone is 1. The molecule has 0 spiro atoms. The zero-order valence-electron chi connectivity index (χ0n) is 9.10. The predicted molar refractivity (Wildman–Crippen MR) is 60.5 cm³/mol. The van der Waals surface area contributed by atoms with Gasteiger partial charge in [-0.1, -0.05) is 0 Å². The smallest absolute Gasteiger partial charge is 0.280 e. The number of halogens is 2. The quantitative estimate of drug-likeness (QED) is 0.733. The molecule has 0 aliphatic heterocycles. The molecular weight excluding hydrogens is 219 g/mol. The van der Waals surface area contributed by atoms with Crippen molar-refractivity contribution in [3.8, 4) is 0 Å². The van der Waals surface area contributed by atoms with Gasteiger partial charge in [0, 0.05) is 12.1 Å². The van der Waals surface area contributed by atoms with E-state index in [9.17, 15) is 9.18 Å². The van der Waals surface area contributed by atoms with Crippen molar-refractivity contribution in [2.45, 2.75) is 38.6 Å². The van der Waals surface area contributed by atoms with E-state index in [1.54, 1.807) is 13.8 Å². The third-order valence-electron chi connectivity index (χ3n) is 2.59. The van der Waals surface area contributed by atoms with E-state index >= 15 is 0 Å². The van der Waals surface area contributed by atoms with Gasteiger partial charge in [-0.25, -0.2) is 4.39 Å². The van der Waals surface area contributed by atoms with Gasteiger partial charge in [0.2, 0.25) is 0 Å². The minimum Gasteiger partial charge on any atom is -0.348 e. The average Bonchev–Trinajstić information content (AvgIpc) is 2.09. The molecule has 0 radical (unpaired) electrons. The second-order valence-corrected chi connectivity index (χ2v) is 4.21. The number of rotatable bonds is 3. The van der Waals surface area contributed by atoms with Gasteiger partial charge in [-0.2, -0.15) is 0 Å².